The molecular formula is C13H9Cl2O. The maximum atomic E-state index is 9.72. The fourth-order valence-corrected chi connectivity index (χ4v) is 1.78. The Morgan fingerprint density at radius 1 is 1.12 bits per heavy atom. The first-order chi connectivity index (χ1) is 7.58. The lowest BCUT2D eigenvalue weighted by Crippen LogP contribution is -1.82. The van der Waals surface area contributed by atoms with Crippen molar-refractivity contribution in [3.8, 4) is 16.9 Å². The third kappa shape index (κ3) is 2.16. The third-order valence-electron chi connectivity index (χ3n) is 2.29. The Kier molecular flexibility index (Phi) is 3.08. The predicted octanol–water partition coefficient (Wildman–Crippen LogP) is 4.47. The summed E-state index contributed by atoms with van der Waals surface area (Å²) in [5.41, 5.74) is 2.56. The number of hydrogen-bond donors (Lipinski definition) is 1. The van der Waals surface area contributed by atoms with E-state index in [1.165, 1.54) is 0 Å². The molecule has 0 amide bonds. The van der Waals surface area contributed by atoms with Gasteiger partial charge in [0.05, 0.1) is 10.0 Å². The van der Waals surface area contributed by atoms with Crippen LogP contribution in [0.3, 0.4) is 0 Å². The lowest BCUT2D eigenvalue weighted by molar-refractivity contribution is 0.476. The van der Waals surface area contributed by atoms with E-state index in [1.807, 2.05) is 19.1 Å². The molecule has 3 heteroatoms. The van der Waals surface area contributed by atoms with Crippen LogP contribution in [-0.2, 0) is 0 Å². The van der Waals surface area contributed by atoms with Gasteiger partial charge in [0.1, 0.15) is 5.75 Å². The van der Waals surface area contributed by atoms with Crippen molar-refractivity contribution < 1.29 is 5.11 Å². The second-order valence-corrected chi connectivity index (χ2v) is 4.38. The van der Waals surface area contributed by atoms with Crippen molar-refractivity contribution in [1.82, 2.24) is 0 Å². The van der Waals surface area contributed by atoms with Crippen LogP contribution in [0.5, 0.6) is 5.75 Å². The molecular weight excluding hydrogens is 243 g/mol. The van der Waals surface area contributed by atoms with E-state index in [2.05, 4.69) is 6.07 Å². The van der Waals surface area contributed by atoms with Gasteiger partial charge in [0.15, 0.2) is 0 Å². The predicted molar refractivity (Wildman–Crippen MR) is 67.1 cm³/mol. The van der Waals surface area contributed by atoms with E-state index in [-0.39, 0.29) is 5.75 Å². The quantitative estimate of drug-likeness (QED) is 0.793. The number of rotatable bonds is 1. The van der Waals surface area contributed by atoms with Crippen LogP contribution >= 0.6 is 23.2 Å². The largest absolute Gasteiger partial charge is 0.507 e. The summed E-state index contributed by atoms with van der Waals surface area (Å²) in [6, 6.07) is 11.6. The lowest BCUT2D eigenvalue weighted by Gasteiger charge is -2.06. The Balaban J connectivity index is 2.58. The summed E-state index contributed by atoms with van der Waals surface area (Å²) in [4.78, 5) is 0. The molecule has 2 rings (SSSR count). The van der Waals surface area contributed by atoms with E-state index in [4.69, 9.17) is 23.2 Å². The van der Waals surface area contributed by atoms with E-state index in [9.17, 15) is 5.11 Å². The van der Waals surface area contributed by atoms with Crippen molar-refractivity contribution in [2.75, 3.05) is 0 Å². The highest BCUT2D eigenvalue weighted by Crippen LogP contribution is 2.33. The Bertz CT molecular complexity index is 535. The third-order valence-corrected chi connectivity index (χ3v) is 3.03. The Labute approximate surface area is 104 Å². The molecule has 0 aliphatic rings. The van der Waals surface area contributed by atoms with Gasteiger partial charge in [-0.1, -0.05) is 29.3 Å². The summed E-state index contributed by atoms with van der Waals surface area (Å²) in [6.07, 6.45) is 0. The number of phenols is 1. The summed E-state index contributed by atoms with van der Waals surface area (Å²) < 4.78 is 0. The molecule has 0 atom stereocenters. The zero-order valence-electron chi connectivity index (χ0n) is 8.59. The van der Waals surface area contributed by atoms with Crippen LogP contribution in [0.25, 0.3) is 11.1 Å². The molecule has 0 saturated heterocycles. The molecule has 0 heterocycles. The van der Waals surface area contributed by atoms with Crippen LogP contribution < -0.4 is 0 Å². The van der Waals surface area contributed by atoms with E-state index in [0.29, 0.717) is 15.6 Å². The maximum absolute atomic E-state index is 9.72. The van der Waals surface area contributed by atoms with Crippen LogP contribution in [-0.4, -0.2) is 5.11 Å². The average Bonchev–Trinajstić information content (AvgIpc) is 2.26. The van der Waals surface area contributed by atoms with Crippen LogP contribution in [0.2, 0.25) is 10.0 Å². The topological polar surface area (TPSA) is 20.2 Å². The maximum Gasteiger partial charge on any atom is 0.131 e. The van der Waals surface area contributed by atoms with Gasteiger partial charge in [-0.05, 0) is 42.3 Å². The second kappa shape index (κ2) is 4.36. The van der Waals surface area contributed by atoms with Gasteiger partial charge < -0.3 is 5.11 Å². The van der Waals surface area contributed by atoms with Gasteiger partial charge in [-0.2, -0.15) is 0 Å². The molecule has 2 aromatic rings. The molecule has 0 fully saturated rings. The molecule has 81 valence electrons. The molecule has 0 aliphatic heterocycles. The molecule has 0 saturated carbocycles. The first-order valence-corrected chi connectivity index (χ1v) is 5.50. The van der Waals surface area contributed by atoms with E-state index in [1.54, 1.807) is 18.2 Å². The zero-order valence-corrected chi connectivity index (χ0v) is 10.1. The van der Waals surface area contributed by atoms with Gasteiger partial charge in [0.2, 0.25) is 0 Å². The van der Waals surface area contributed by atoms with Crippen LogP contribution in [0.1, 0.15) is 5.56 Å². The normalized spacial score (nSPS) is 10.4. The molecule has 1 radical (unpaired) electrons. The Hall–Kier alpha value is -1.18. The Morgan fingerprint density at radius 3 is 2.56 bits per heavy atom. The molecule has 0 aromatic heterocycles. The van der Waals surface area contributed by atoms with E-state index >= 15 is 0 Å². The number of aryl methyl sites for hydroxylation is 1. The van der Waals surface area contributed by atoms with Gasteiger partial charge >= 0.3 is 0 Å². The van der Waals surface area contributed by atoms with Crippen molar-refractivity contribution in [2.45, 2.75) is 6.92 Å². The first kappa shape index (κ1) is 11.3. The number of aromatic hydroxyl groups is 1. The summed E-state index contributed by atoms with van der Waals surface area (Å²) in [6.45, 7) is 1.94. The van der Waals surface area contributed by atoms with Crippen molar-refractivity contribution in [3.05, 3.63) is 52.0 Å². The highest BCUT2D eigenvalue weighted by molar-refractivity contribution is 6.42. The number of halogens is 2. The molecule has 1 nitrogen and oxygen atoms in total. The SMILES string of the molecule is Cc1c[c]c(O)c(-c2ccc(Cl)c(Cl)c2)c1. The number of phenolic OH excluding ortho intramolecular Hbond substituents is 1. The fourth-order valence-electron chi connectivity index (χ4n) is 1.48. The Morgan fingerprint density at radius 2 is 1.88 bits per heavy atom. The lowest BCUT2D eigenvalue weighted by atomic mass is 10.0. The van der Waals surface area contributed by atoms with Gasteiger partial charge in [0.25, 0.3) is 0 Å². The summed E-state index contributed by atoms with van der Waals surface area (Å²) in [7, 11) is 0. The van der Waals surface area contributed by atoms with Gasteiger partial charge in [-0.15, -0.1) is 0 Å². The highest BCUT2D eigenvalue weighted by atomic mass is 35.5. The minimum absolute atomic E-state index is 0.115. The average molecular weight is 252 g/mol. The van der Waals surface area contributed by atoms with Crippen LogP contribution in [0.15, 0.2) is 30.3 Å². The molecule has 0 bridgehead atoms. The summed E-state index contributed by atoms with van der Waals surface area (Å²) >= 11 is 11.8. The van der Waals surface area contributed by atoms with E-state index < -0.39 is 0 Å². The molecule has 0 aliphatic carbocycles. The minimum atomic E-state index is 0.115. The van der Waals surface area contributed by atoms with Gasteiger partial charge in [-0.3, -0.25) is 0 Å². The second-order valence-electron chi connectivity index (χ2n) is 3.57. The number of hydrogen-bond acceptors (Lipinski definition) is 1. The zero-order chi connectivity index (χ0) is 11.7. The molecule has 0 unspecified atom stereocenters. The summed E-state index contributed by atoms with van der Waals surface area (Å²) in [5, 5.41) is 10.7. The van der Waals surface area contributed by atoms with Crippen molar-refractivity contribution >= 4 is 23.2 Å². The van der Waals surface area contributed by atoms with Crippen LogP contribution in [0, 0.1) is 13.0 Å². The monoisotopic (exact) mass is 251 g/mol. The van der Waals surface area contributed by atoms with Crippen molar-refractivity contribution in [3.63, 3.8) is 0 Å². The molecule has 2 aromatic carbocycles. The fraction of sp³-hybridized carbons (Fsp3) is 0.0769. The van der Waals surface area contributed by atoms with Crippen molar-refractivity contribution in [1.29, 1.82) is 0 Å². The van der Waals surface area contributed by atoms with E-state index in [0.717, 1.165) is 11.1 Å². The van der Waals surface area contributed by atoms with Gasteiger partial charge in [-0.25, -0.2) is 0 Å². The minimum Gasteiger partial charge on any atom is -0.507 e. The standard InChI is InChI=1S/C13H9Cl2O/c1-8-2-5-13(16)10(6-8)9-3-4-11(14)12(15)7-9/h2-4,6-7,16H,1H3. The van der Waals surface area contributed by atoms with Crippen LogP contribution in [0.4, 0.5) is 0 Å². The highest BCUT2D eigenvalue weighted by Gasteiger charge is 2.06. The molecule has 0 spiro atoms. The number of benzene rings is 2. The smallest absolute Gasteiger partial charge is 0.131 e. The first-order valence-electron chi connectivity index (χ1n) is 4.74. The molecule has 1 N–H and O–H groups in total. The molecule has 16 heavy (non-hydrogen) atoms. The van der Waals surface area contributed by atoms with Crippen molar-refractivity contribution in [2.24, 2.45) is 0 Å². The summed E-state index contributed by atoms with van der Waals surface area (Å²) in [5.74, 6) is 0.115. The van der Waals surface area contributed by atoms with Gasteiger partial charge in [0, 0.05) is 11.6 Å².